The molecule has 32 heavy (non-hydrogen) atoms. The summed E-state index contributed by atoms with van der Waals surface area (Å²) in [6.45, 7) is 3.65. The van der Waals surface area contributed by atoms with Crippen LogP contribution in [0.1, 0.15) is 30.8 Å². The van der Waals surface area contributed by atoms with Crippen LogP contribution in [0.5, 0.6) is 0 Å². The lowest BCUT2D eigenvalue weighted by molar-refractivity contribution is -0.132. The van der Waals surface area contributed by atoms with Gasteiger partial charge in [0, 0.05) is 23.6 Å². The van der Waals surface area contributed by atoms with E-state index in [9.17, 15) is 9.36 Å². The van der Waals surface area contributed by atoms with Crippen molar-refractivity contribution >= 4 is 59.2 Å². The van der Waals surface area contributed by atoms with Gasteiger partial charge in [-0.25, -0.2) is 0 Å². The van der Waals surface area contributed by atoms with Crippen molar-refractivity contribution in [3.05, 3.63) is 71.9 Å². The van der Waals surface area contributed by atoms with Crippen LogP contribution in [0.4, 0.5) is 0 Å². The van der Waals surface area contributed by atoms with Gasteiger partial charge in [-0.1, -0.05) is 83.3 Å². The zero-order valence-corrected chi connectivity index (χ0v) is 20.8. The van der Waals surface area contributed by atoms with Crippen molar-refractivity contribution in [1.29, 1.82) is 0 Å². The molecule has 0 saturated heterocycles. The summed E-state index contributed by atoms with van der Waals surface area (Å²) in [5, 5.41) is 0.893. The van der Waals surface area contributed by atoms with Crippen LogP contribution in [0.25, 0.3) is 10.9 Å². The molecule has 1 heterocycles. The number of nitrogens with one attached hydrogen (secondary N) is 1. The van der Waals surface area contributed by atoms with Gasteiger partial charge in [0.15, 0.2) is 5.78 Å². The number of carbonyl (C=O) groups is 1. The van der Waals surface area contributed by atoms with E-state index in [0.29, 0.717) is 5.56 Å². The Bertz CT molecular complexity index is 1090. The smallest absolute Gasteiger partial charge is 0.357 e. The number of nitrogens with zero attached hydrogens (tertiary/aromatic N) is 1. The van der Waals surface area contributed by atoms with Gasteiger partial charge >= 0.3 is 7.60 Å². The minimum Gasteiger partial charge on any atom is -0.361 e. The fraction of sp³-hybridized carbons (Fsp3) is 0.318. The Labute approximate surface area is 202 Å². The lowest BCUT2D eigenvalue weighted by Crippen LogP contribution is -2.41. The number of fused-ring (bicyclic) bond motifs is 1. The lowest BCUT2D eigenvalue weighted by Gasteiger charge is -2.37. The first-order valence-electron chi connectivity index (χ1n) is 10.1. The fourth-order valence-corrected chi connectivity index (χ4v) is 6.04. The summed E-state index contributed by atoms with van der Waals surface area (Å²) in [6.07, 6.45) is 1.78. The Kier molecular flexibility index (Phi) is 8.31. The zero-order chi connectivity index (χ0) is 23.4. The number of carbonyl (C=O) groups excluding carboxylic acids is 1. The average Bonchev–Trinajstić information content (AvgIpc) is 3.16. The summed E-state index contributed by atoms with van der Waals surface area (Å²) in [4.78, 5) is 17.8. The SMILES string of the molecule is CCOP(=O)(OCC)C(c1ccccc1)N(Cc1c[nH]c2ccccc12)C(=O)C(Cl)(Cl)Cl. The molecule has 3 aromatic rings. The van der Waals surface area contributed by atoms with E-state index in [2.05, 4.69) is 4.98 Å². The number of amides is 1. The van der Waals surface area contributed by atoms with Crippen LogP contribution in [0, 0.1) is 0 Å². The number of aromatic amines is 1. The predicted octanol–water partition coefficient (Wildman–Crippen LogP) is 6.83. The summed E-state index contributed by atoms with van der Waals surface area (Å²) in [5.74, 6) is -1.96. The van der Waals surface area contributed by atoms with E-state index < -0.39 is 23.1 Å². The molecule has 6 nitrogen and oxygen atoms in total. The van der Waals surface area contributed by atoms with Crippen molar-refractivity contribution < 1.29 is 18.4 Å². The largest absolute Gasteiger partial charge is 0.361 e. The van der Waals surface area contributed by atoms with Gasteiger partial charge in [0.2, 0.25) is 0 Å². The van der Waals surface area contributed by atoms with E-state index in [0.717, 1.165) is 16.5 Å². The molecular formula is C22H24Cl3N2O4P. The molecule has 1 N–H and O–H groups in total. The highest BCUT2D eigenvalue weighted by atomic mass is 35.6. The second-order valence-corrected chi connectivity index (χ2v) is 11.3. The highest BCUT2D eigenvalue weighted by Gasteiger charge is 2.47. The van der Waals surface area contributed by atoms with E-state index in [1.165, 1.54) is 4.90 Å². The number of hydrogen-bond donors (Lipinski definition) is 1. The Morgan fingerprint density at radius 3 is 2.22 bits per heavy atom. The first kappa shape index (κ1) is 25.1. The molecule has 1 aromatic heterocycles. The van der Waals surface area contributed by atoms with Crippen LogP contribution in [-0.2, 0) is 25.0 Å². The van der Waals surface area contributed by atoms with Crippen molar-refractivity contribution in [2.45, 2.75) is 30.0 Å². The van der Waals surface area contributed by atoms with Crippen LogP contribution in [0.2, 0.25) is 0 Å². The van der Waals surface area contributed by atoms with E-state index in [1.807, 2.05) is 30.3 Å². The van der Waals surface area contributed by atoms with Crippen molar-refractivity contribution in [2.24, 2.45) is 0 Å². The number of para-hydroxylation sites is 1. The Hall–Kier alpha value is -1.53. The molecule has 0 aliphatic rings. The van der Waals surface area contributed by atoms with Crippen LogP contribution in [0.15, 0.2) is 60.8 Å². The average molecular weight is 518 g/mol. The van der Waals surface area contributed by atoms with Gasteiger partial charge in [-0.05, 0) is 31.0 Å². The molecule has 172 valence electrons. The van der Waals surface area contributed by atoms with Gasteiger partial charge in [0.1, 0.15) is 0 Å². The summed E-state index contributed by atoms with van der Waals surface area (Å²) in [5.41, 5.74) is 2.20. The molecule has 0 fully saturated rings. The number of alkyl halides is 3. The maximum absolute atomic E-state index is 14.0. The molecule has 1 unspecified atom stereocenters. The first-order chi connectivity index (χ1) is 15.2. The Morgan fingerprint density at radius 1 is 1.03 bits per heavy atom. The lowest BCUT2D eigenvalue weighted by atomic mass is 10.1. The topological polar surface area (TPSA) is 71.6 Å². The predicted molar refractivity (Wildman–Crippen MR) is 129 cm³/mol. The molecule has 3 rings (SSSR count). The molecule has 1 amide bonds. The number of aromatic nitrogens is 1. The van der Waals surface area contributed by atoms with Gasteiger partial charge in [-0.2, -0.15) is 0 Å². The maximum atomic E-state index is 14.0. The van der Waals surface area contributed by atoms with E-state index in [4.69, 9.17) is 43.9 Å². The Morgan fingerprint density at radius 2 is 1.62 bits per heavy atom. The molecule has 0 bridgehead atoms. The van der Waals surface area contributed by atoms with Gasteiger partial charge < -0.3 is 18.9 Å². The number of H-pyrrole nitrogens is 1. The molecule has 0 radical (unpaired) electrons. The summed E-state index contributed by atoms with van der Waals surface area (Å²) in [6, 6.07) is 16.5. The third kappa shape index (κ3) is 5.51. The molecule has 0 aliphatic heterocycles. The molecule has 1 atom stereocenters. The monoisotopic (exact) mass is 516 g/mol. The summed E-state index contributed by atoms with van der Waals surface area (Å²) in [7, 11) is -3.89. The molecule has 0 aliphatic carbocycles. The van der Waals surface area contributed by atoms with E-state index in [-0.39, 0.29) is 19.8 Å². The van der Waals surface area contributed by atoms with Crippen molar-refractivity contribution in [1.82, 2.24) is 9.88 Å². The third-order valence-corrected chi connectivity index (χ3v) is 7.73. The molecule has 0 spiro atoms. The molecule has 10 heteroatoms. The third-order valence-electron chi connectivity index (χ3n) is 4.83. The standard InChI is InChI=1S/C22H24Cl3N2O4P/c1-3-30-32(29,31-4-2)20(16-10-6-5-7-11-16)27(21(28)22(23,24)25)15-17-14-26-19-13-9-8-12-18(17)19/h5-14,20,26H,3-4,15H2,1-2H3. The number of halogens is 3. The van der Waals surface area contributed by atoms with Gasteiger partial charge in [0.25, 0.3) is 9.70 Å². The number of benzene rings is 2. The van der Waals surface area contributed by atoms with Crippen LogP contribution < -0.4 is 0 Å². The minimum absolute atomic E-state index is 0.0143. The van der Waals surface area contributed by atoms with Crippen molar-refractivity contribution in [3.63, 3.8) is 0 Å². The minimum atomic E-state index is -3.89. The van der Waals surface area contributed by atoms with Gasteiger partial charge in [-0.3, -0.25) is 9.36 Å². The van der Waals surface area contributed by atoms with E-state index in [1.54, 1.807) is 44.3 Å². The number of rotatable bonds is 9. The maximum Gasteiger partial charge on any atom is 0.357 e. The second-order valence-electron chi connectivity index (χ2n) is 6.95. The summed E-state index contributed by atoms with van der Waals surface area (Å²) >= 11 is 18.1. The molecule has 0 saturated carbocycles. The van der Waals surface area contributed by atoms with Crippen LogP contribution in [-0.4, -0.2) is 32.8 Å². The molecular weight excluding hydrogens is 494 g/mol. The number of hydrogen-bond acceptors (Lipinski definition) is 4. The second kappa shape index (κ2) is 10.6. The first-order valence-corrected chi connectivity index (χ1v) is 12.8. The van der Waals surface area contributed by atoms with Crippen molar-refractivity contribution in [2.75, 3.05) is 13.2 Å². The summed E-state index contributed by atoms with van der Waals surface area (Å²) < 4.78 is 23.0. The highest BCUT2D eigenvalue weighted by Crippen LogP contribution is 2.63. The van der Waals surface area contributed by atoms with Gasteiger partial charge in [0.05, 0.1) is 13.2 Å². The van der Waals surface area contributed by atoms with Crippen molar-refractivity contribution in [3.8, 4) is 0 Å². The van der Waals surface area contributed by atoms with Gasteiger partial charge in [-0.15, -0.1) is 0 Å². The fourth-order valence-electron chi connectivity index (χ4n) is 3.57. The highest BCUT2D eigenvalue weighted by molar-refractivity contribution is 7.54. The quantitative estimate of drug-likeness (QED) is 0.249. The molecule has 2 aromatic carbocycles. The van der Waals surface area contributed by atoms with Crippen LogP contribution >= 0.6 is 42.4 Å². The zero-order valence-electron chi connectivity index (χ0n) is 17.6. The normalized spacial score (nSPS) is 13.3. The Balaban J connectivity index is 2.19. The van der Waals surface area contributed by atoms with Crippen LogP contribution in [0.3, 0.4) is 0 Å². The van der Waals surface area contributed by atoms with E-state index >= 15 is 0 Å².